The van der Waals surface area contributed by atoms with Crippen molar-refractivity contribution < 1.29 is 23.9 Å². The van der Waals surface area contributed by atoms with Crippen molar-refractivity contribution in [2.24, 2.45) is 5.41 Å². The molecule has 0 saturated heterocycles. The lowest BCUT2D eigenvalue weighted by Crippen LogP contribution is -2.49. The van der Waals surface area contributed by atoms with Crippen molar-refractivity contribution in [1.82, 2.24) is 10.2 Å². The third kappa shape index (κ3) is 33.9. The first-order chi connectivity index (χ1) is 26.1. The van der Waals surface area contributed by atoms with Gasteiger partial charge in [-0.15, -0.1) is 0 Å². The number of carbonyl (C=O) groups excluding carboxylic acids is 3. The Morgan fingerprint density at radius 3 is 1.46 bits per heavy atom. The van der Waals surface area contributed by atoms with E-state index in [0.717, 1.165) is 96.4 Å². The molecular weight excluding hydrogens is 673 g/mol. The molecule has 1 atom stereocenters. The Balaban J connectivity index is 4.49. The quantitative estimate of drug-likeness (QED) is 0.0386. The highest BCUT2D eigenvalue weighted by Gasteiger charge is 2.39. The molecule has 0 saturated carbocycles. The molecule has 0 aliphatic rings. The smallest absolute Gasteiger partial charge is 0.306 e. The maximum atomic E-state index is 13.3. The Morgan fingerprint density at radius 1 is 0.574 bits per heavy atom. The van der Waals surface area contributed by atoms with Gasteiger partial charge in [0.15, 0.2) is 6.10 Å². The number of esters is 2. The summed E-state index contributed by atoms with van der Waals surface area (Å²) in [5.74, 6) is -0.981. The minimum atomic E-state index is -1.04. The molecule has 0 spiro atoms. The minimum Gasteiger partial charge on any atom is -0.465 e. The second-order valence-electron chi connectivity index (χ2n) is 15.9. The number of allylic oxidation sites excluding steroid dienone is 8. The number of rotatable bonds is 37. The zero-order chi connectivity index (χ0) is 40.0. The Labute approximate surface area is 333 Å². The fraction of sp³-hybridized carbons (Fsp3) is 0.766. The van der Waals surface area contributed by atoms with E-state index in [0.29, 0.717) is 13.0 Å². The zero-order valence-electron chi connectivity index (χ0n) is 36.0. The Hall–Kier alpha value is -2.67. The van der Waals surface area contributed by atoms with Gasteiger partial charge in [0.05, 0.1) is 0 Å². The number of amides is 1. The van der Waals surface area contributed by atoms with E-state index < -0.39 is 11.5 Å². The van der Waals surface area contributed by atoms with Crippen LogP contribution in [0.3, 0.4) is 0 Å². The predicted octanol–water partition coefficient (Wildman–Crippen LogP) is 12.2. The minimum absolute atomic E-state index is 0.0128. The van der Waals surface area contributed by atoms with Crippen molar-refractivity contribution in [2.45, 2.75) is 194 Å². The largest absolute Gasteiger partial charge is 0.465 e. The number of ether oxygens (including phenoxy) is 2. The van der Waals surface area contributed by atoms with Crippen LogP contribution < -0.4 is 5.32 Å². The van der Waals surface area contributed by atoms with Gasteiger partial charge >= 0.3 is 11.9 Å². The molecule has 1 N–H and O–H groups in total. The first-order valence-corrected chi connectivity index (χ1v) is 22.0. The summed E-state index contributed by atoms with van der Waals surface area (Å²) in [4.78, 5) is 40.9. The molecule has 1 amide bonds. The highest BCUT2D eigenvalue weighted by molar-refractivity contribution is 5.84. The van der Waals surface area contributed by atoms with Crippen LogP contribution in [0.2, 0.25) is 0 Å². The van der Waals surface area contributed by atoms with Crippen LogP contribution in [0.25, 0.3) is 0 Å². The SMILES string of the molecule is CCCCC/C=C\C/C=C\CCCCCCCC(=O)OCC(C)(C)C(OC(=O)CCCCCCC/C=C\C/C=C\CCCCC)C(=O)NCCCN(C)C. The van der Waals surface area contributed by atoms with Crippen LogP contribution in [-0.4, -0.2) is 62.6 Å². The summed E-state index contributed by atoms with van der Waals surface area (Å²) >= 11 is 0. The van der Waals surface area contributed by atoms with Gasteiger partial charge in [-0.1, -0.05) is 141 Å². The van der Waals surface area contributed by atoms with Crippen LogP contribution in [0.15, 0.2) is 48.6 Å². The van der Waals surface area contributed by atoms with E-state index in [1.165, 1.54) is 57.8 Å². The molecule has 0 aromatic heterocycles. The maximum Gasteiger partial charge on any atom is 0.306 e. The monoisotopic (exact) mass is 757 g/mol. The van der Waals surface area contributed by atoms with Crippen molar-refractivity contribution >= 4 is 17.8 Å². The van der Waals surface area contributed by atoms with Crippen molar-refractivity contribution in [2.75, 3.05) is 33.8 Å². The lowest BCUT2D eigenvalue weighted by molar-refractivity contribution is -0.169. The third-order valence-corrected chi connectivity index (χ3v) is 9.55. The number of carbonyl (C=O) groups is 3. The van der Waals surface area contributed by atoms with E-state index in [1.54, 1.807) is 0 Å². The molecule has 7 heteroatoms. The normalized spacial score (nSPS) is 12.9. The molecular formula is C47H84N2O5. The lowest BCUT2D eigenvalue weighted by atomic mass is 9.86. The highest BCUT2D eigenvalue weighted by Crippen LogP contribution is 2.26. The van der Waals surface area contributed by atoms with Gasteiger partial charge in [0.2, 0.25) is 0 Å². The van der Waals surface area contributed by atoms with E-state index >= 15 is 0 Å². The van der Waals surface area contributed by atoms with Crippen molar-refractivity contribution in [3.8, 4) is 0 Å². The molecule has 7 nitrogen and oxygen atoms in total. The average molecular weight is 757 g/mol. The molecule has 0 fully saturated rings. The fourth-order valence-corrected chi connectivity index (χ4v) is 6.03. The van der Waals surface area contributed by atoms with Crippen molar-refractivity contribution in [1.29, 1.82) is 0 Å². The van der Waals surface area contributed by atoms with Gasteiger partial charge in [0.1, 0.15) is 6.61 Å². The summed E-state index contributed by atoms with van der Waals surface area (Å²) in [6.45, 7) is 9.46. The number of hydrogen-bond acceptors (Lipinski definition) is 6. The van der Waals surface area contributed by atoms with Crippen molar-refractivity contribution in [3.05, 3.63) is 48.6 Å². The third-order valence-electron chi connectivity index (χ3n) is 9.55. The standard InChI is InChI=1S/C47H84N2O5/c1-7-9-11-13-15-17-19-21-23-25-27-29-31-33-35-38-43(50)53-42-47(3,4)45(46(52)48-40-37-41-49(5)6)54-44(51)39-36-34-32-30-28-26-24-22-20-18-16-14-12-10-8-2/h15-18,21-24,45H,7-14,19-20,25-42H2,1-6H3,(H,48,52)/b17-15-,18-16-,23-21-,24-22-. The van der Waals surface area contributed by atoms with Gasteiger partial charge in [-0.05, 0) is 104 Å². The molecule has 312 valence electrons. The number of nitrogens with one attached hydrogen (secondary N) is 1. The summed E-state index contributed by atoms with van der Waals surface area (Å²) in [5.41, 5.74) is -0.867. The summed E-state index contributed by atoms with van der Waals surface area (Å²) in [7, 11) is 3.98. The summed E-state index contributed by atoms with van der Waals surface area (Å²) < 4.78 is 11.5. The van der Waals surface area contributed by atoms with Crippen LogP contribution in [0.5, 0.6) is 0 Å². The molecule has 0 aliphatic heterocycles. The Morgan fingerprint density at radius 2 is 1.00 bits per heavy atom. The number of hydrogen-bond donors (Lipinski definition) is 1. The fourth-order valence-electron chi connectivity index (χ4n) is 6.03. The molecule has 0 rings (SSSR count). The highest BCUT2D eigenvalue weighted by atomic mass is 16.6. The first-order valence-electron chi connectivity index (χ1n) is 22.0. The Bertz CT molecular complexity index is 1030. The maximum absolute atomic E-state index is 13.3. The topological polar surface area (TPSA) is 84.9 Å². The molecule has 0 heterocycles. The summed E-state index contributed by atoms with van der Waals surface area (Å²) in [6, 6.07) is 0. The summed E-state index contributed by atoms with van der Waals surface area (Å²) in [6.07, 6.45) is 43.2. The molecule has 0 aromatic rings. The predicted molar refractivity (Wildman–Crippen MR) is 230 cm³/mol. The van der Waals surface area contributed by atoms with Crippen LogP contribution in [0, 0.1) is 5.41 Å². The molecule has 0 aromatic carbocycles. The molecule has 54 heavy (non-hydrogen) atoms. The first kappa shape index (κ1) is 51.3. The van der Waals surface area contributed by atoms with E-state index in [4.69, 9.17) is 9.47 Å². The average Bonchev–Trinajstić information content (AvgIpc) is 3.14. The van der Waals surface area contributed by atoms with Crippen molar-refractivity contribution in [3.63, 3.8) is 0 Å². The van der Waals surface area contributed by atoms with E-state index in [2.05, 4.69) is 72.7 Å². The van der Waals surface area contributed by atoms with Crippen LogP contribution in [0.4, 0.5) is 0 Å². The van der Waals surface area contributed by atoms with Crippen LogP contribution in [-0.2, 0) is 23.9 Å². The van der Waals surface area contributed by atoms with Crippen LogP contribution in [0.1, 0.15) is 188 Å². The van der Waals surface area contributed by atoms with Gasteiger partial charge in [-0.2, -0.15) is 0 Å². The van der Waals surface area contributed by atoms with Gasteiger partial charge < -0.3 is 19.7 Å². The lowest BCUT2D eigenvalue weighted by Gasteiger charge is -2.32. The number of unbranched alkanes of at least 4 members (excludes halogenated alkanes) is 16. The van der Waals surface area contributed by atoms with Gasteiger partial charge in [0.25, 0.3) is 5.91 Å². The molecule has 1 unspecified atom stereocenters. The van der Waals surface area contributed by atoms with Crippen LogP contribution >= 0.6 is 0 Å². The zero-order valence-corrected chi connectivity index (χ0v) is 36.0. The number of nitrogens with zero attached hydrogens (tertiary/aromatic N) is 1. The van der Waals surface area contributed by atoms with Gasteiger partial charge in [-0.25, -0.2) is 0 Å². The Kier molecular flexibility index (Phi) is 35.4. The second kappa shape index (κ2) is 37.3. The van der Waals surface area contributed by atoms with Gasteiger partial charge in [-0.3, -0.25) is 14.4 Å². The molecule has 0 aliphatic carbocycles. The summed E-state index contributed by atoms with van der Waals surface area (Å²) in [5, 5.41) is 2.94. The second-order valence-corrected chi connectivity index (χ2v) is 15.9. The van der Waals surface area contributed by atoms with E-state index in [-0.39, 0.29) is 30.9 Å². The van der Waals surface area contributed by atoms with E-state index in [9.17, 15) is 14.4 Å². The molecule has 0 bridgehead atoms. The van der Waals surface area contributed by atoms with E-state index in [1.807, 2.05) is 27.9 Å². The molecule has 0 radical (unpaired) electrons. The van der Waals surface area contributed by atoms with Gasteiger partial charge in [0, 0.05) is 24.8 Å².